The molecule has 1 aliphatic heterocycles. The molecule has 1 rings (SSSR count). The highest BCUT2D eigenvalue weighted by molar-refractivity contribution is 5.66. The zero-order valence-electron chi connectivity index (χ0n) is 8.41. The van der Waals surface area contributed by atoms with E-state index >= 15 is 0 Å². The summed E-state index contributed by atoms with van der Waals surface area (Å²) in [5.41, 5.74) is 0. The maximum absolute atomic E-state index is 10.4. The first-order valence-corrected chi connectivity index (χ1v) is 5.10. The fourth-order valence-electron chi connectivity index (χ4n) is 1.90. The molecular weight excluding hydrogens is 178 g/mol. The molecule has 1 N–H and O–H groups in total. The average molecular weight is 195 g/mol. The Morgan fingerprint density at radius 1 is 1.64 bits per heavy atom. The third kappa shape index (κ3) is 3.80. The highest BCUT2D eigenvalue weighted by atomic mass is 16.4. The molecule has 0 aromatic heterocycles. The molecule has 0 spiro atoms. The van der Waals surface area contributed by atoms with Crippen LogP contribution >= 0.6 is 0 Å². The van der Waals surface area contributed by atoms with Gasteiger partial charge in [0, 0.05) is 25.9 Å². The number of nitrogens with zero attached hydrogens (tertiary/aromatic N) is 1. The van der Waals surface area contributed by atoms with Gasteiger partial charge < -0.3 is 10.0 Å². The van der Waals surface area contributed by atoms with Crippen LogP contribution in [0.15, 0.2) is 0 Å². The number of carboxylic acid groups (broad SMARTS) is 1. The Morgan fingerprint density at radius 2 is 2.43 bits per heavy atom. The third-order valence-electron chi connectivity index (χ3n) is 2.71. The number of aliphatic carboxylic acids is 1. The second kappa shape index (κ2) is 5.66. The molecule has 0 saturated carbocycles. The van der Waals surface area contributed by atoms with Gasteiger partial charge in [0.2, 0.25) is 0 Å². The molecular formula is C11H17NO2. The van der Waals surface area contributed by atoms with E-state index in [4.69, 9.17) is 11.5 Å². The van der Waals surface area contributed by atoms with Crippen LogP contribution in [0.25, 0.3) is 0 Å². The Labute approximate surface area is 85.1 Å². The highest BCUT2D eigenvalue weighted by Gasteiger charge is 2.21. The summed E-state index contributed by atoms with van der Waals surface area (Å²) in [7, 11) is 0. The molecule has 1 heterocycles. The van der Waals surface area contributed by atoms with E-state index in [1.807, 2.05) is 0 Å². The Kier molecular flexibility index (Phi) is 4.48. The molecule has 0 aliphatic carbocycles. The molecule has 1 saturated heterocycles. The van der Waals surface area contributed by atoms with Crippen LogP contribution in [0.5, 0.6) is 0 Å². The molecule has 3 nitrogen and oxygen atoms in total. The summed E-state index contributed by atoms with van der Waals surface area (Å²) in [4.78, 5) is 12.7. The molecule has 1 unspecified atom stereocenters. The fourth-order valence-corrected chi connectivity index (χ4v) is 1.90. The molecule has 0 aromatic rings. The Bertz CT molecular complexity index is 232. The zero-order chi connectivity index (χ0) is 10.4. The number of hydrogen-bond acceptors (Lipinski definition) is 2. The highest BCUT2D eigenvalue weighted by Crippen LogP contribution is 2.20. The van der Waals surface area contributed by atoms with Crippen molar-refractivity contribution < 1.29 is 9.90 Å². The van der Waals surface area contributed by atoms with Crippen molar-refractivity contribution in [3.63, 3.8) is 0 Å². The van der Waals surface area contributed by atoms with Gasteiger partial charge >= 0.3 is 5.97 Å². The van der Waals surface area contributed by atoms with E-state index in [1.165, 1.54) is 0 Å². The first-order valence-electron chi connectivity index (χ1n) is 5.10. The maximum atomic E-state index is 10.4. The van der Waals surface area contributed by atoms with Crippen LogP contribution in [0.1, 0.15) is 25.7 Å². The average Bonchev–Trinajstić information content (AvgIpc) is 2.59. The SMILES string of the molecule is C#CCCN1CCC(CCC(=O)O)C1. The van der Waals surface area contributed by atoms with Crippen molar-refractivity contribution in [2.45, 2.75) is 25.7 Å². The fraction of sp³-hybridized carbons (Fsp3) is 0.727. The summed E-state index contributed by atoms with van der Waals surface area (Å²) in [6, 6.07) is 0. The minimum absolute atomic E-state index is 0.299. The number of hydrogen-bond donors (Lipinski definition) is 1. The van der Waals surface area contributed by atoms with Crippen LogP contribution in [0.2, 0.25) is 0 Å². The predicted molar refractivity (Wildman–Crippen MR) is 54.9 cm³/mol. The van der Waals surface area contributed by atoms with Crippen molar-refractivity contribution in [1.82, 2.24) is 4.90 Å². The predicted octanol–water partition coefficient (Wildman–Crippen LogP) is 1.20. The molecule has 1 fully saturated rings. The van der Waals surface area contributed by atoms with Gasteiger partial charge in [0.25, 0.3) is 0 Å². The van der Waals surface area contributed by atoms with Gasteiger partial charge in [-0.3, -0.25) is 4.79 Å². The van der Waals surface area contributed by atoms with Gasteiger partial charge in [0.15, 0.2) is 0 Å². The van der Waals surface area contributed by atoms with E-state index in [1.54, 1.807) is 0 Å². The van der Waals surface area contributed by atoms with Gasteiger partial charge in [0.1, 0.15) is 0 Å². The molecule has 14 heavy (non-hydrogen) atoms. The van der Waals surface area contributed by atoms with E-state index < -0.39 is 5.97 Å². The van der Waals surface area contributed by atoms with E-state index in [2.05, 4.69) is 10.8 Å². The second-order valence-electron chi connectivity index (χ2n) is 3.84. The lowest BCUT2D eigenvalue weighted by Gasteiger charge is -2.13. The topological polar surface area (TPSA) is 40.5 Å². The first-order chi connectivity index (χ1) is 6.72. The van der Waals surface area contributed by atoms with Crippen LogP contribution in [-0.2, 0) is 4.79 Å². The number of carboxylic acids is 1. The Morgan fingerprint density at radius 3 is 3.07 bits per heavy atom. The summed E-state index contributed by atoms with van der Waals surface area (Å²) in [6.45, 7) is 3.06. The Balaban J connectivity index is 2.14. The summed E-state index contributed by atoms with van der Waals surface area (Å²) in [5, 5.41) is 8.54. The normalized spacial score (nSPS) is 22.1. The first kappa shape index (κ1) is 11.1. The minimum atomic E-state index is -0.688. The molecule has 3 heteroatoms. The van der Waals surface area contributed by atoms with Crippen LogP contribution in [-0.4, -0.2) is 35.6 Å². The van der Waals surface area contributed by atoms with Gasteiger partial charge in [-0.1, -0.05) is 0 Å². The van der Waals surface area contributed by atoms with Crippen molar-refractivity contribution in [2.75, 3.05) is 19.6 Å². The Hall–Kier alpha value is -1.01. The van der Waals surface area contributed by atoms with Gasteiger partial charge in [-0.25, -0.2) is 0 Å². The number of rotatable bonds is 5. The molecule has 1 aliphatic rings. The lowest BCUT2D eigenvalue weighted by Crippen LogP contribution is -2.21. The molecule has 0 radical (unpaired) electrons. The van der Waals surface area contributed by atoms with Gasteiger partial charge in [-0.15, -0.1) is 12.3 Å². The number of terminal acetylenes is 1. The quantitative estimate of drug-likeness (QED) is 0.670. The second-order valence-corrected chi connectivity index (χ2v) is 3.84. The monoisotopic (exact) mass is 195 g/mol. The van der Waals surface area contributed by atoms with E-state index in [9.17, 15) is 4.79 Å². The van der Waals surface area contributed by atoms with Crippen LogP contribution in [0, 0.1) is 18.3 Å². The summed E-state index contributed by atoms with van der Waals surface area (Å²) in [6.07, 6.45) is 8.21. The third-order valence-corrected chi connectivity index (χ3v) is 2.71. The van der Waals surface area contributed by atoms with Crippen molar-refractivity contribution in [1.29, 1.82) is 0 Å². The largest absolute Gasteiger partial charge is 0.481 e. The zero-order valence-corrected chi connectivity index (χ0v) is 8.41. The lowest BCUT2D eigenvalue weighted by molar-refractivity contribution is -0.137. The summed E-state index contributed by atoms with van der Waals surface area (Å²) < 4.78 is 0. The number of likely N-dealkylation sites (tertiary alicyclic amines) is 1. The molecule has 0 amide bonds. The van der Waals surface area contributed by atoms with Crippen LogP contribution in [0.4, 0.5) is 0 Å². The summed E-state index contributed by atoms with van der Waals surface area (Å²) in [5.74, 6) is 2.50. The van der Waals surface area contributed by atoms with E-state index in [-0.39, 0.29) is 0 Å². The lowest BCUT2D eigenvalue weighted by atomic mass is 10.0. The van der Waals surface area contributed by atoms with Crippen LogP contribution in [0.3, 0.4) is 0 Å². The summed E-state index contributed by atoms with van der Waals surface area (Å²) >= 11 is 0. The van der Waals surface area contributed by atoms with Crippen LogP contribution < -0.4 is 0 Å². The smallest absolute Gasteiger partial charge is 0.303 e. The maximum Gasteiger partial charge on any atom is 0.303 e. The molecule has 78 valence electrons. The standard InChI is InChI=1S/C11H17NO2/c1-2-3-7-12-8-6-10(9-12)4-5-11(13)14/h1,10H,3-9H2,(H,13,14). The van der Waals surface area contributed by atoms with Crippen molar-refractivity contribution in [3.05, 3.63) is 0 Å². The van der Waals surface area contributed by atoms with Gasteiger partial charge in [-0.2, -0.15) is 0 Å². The van der Waals surface area contributed by atoms with E-state index in [0.29, 0.717) is 12.3 Å². The minimum Gasteiger partial charge on any atom is -0.481 e. The van der Waals surface area contributed by atoms with Crippen molar-refractivity contribution in [2.24, 2.45) is 5.92 Å². The molecule has 0 bridgehead atoms. The molecule has 0 aromatic carbocycles. The van der Waals surface area contributed by atoms with Gasteiger partial charge in [0.05, 0.1) is 0 Å². The molecule has 1 atom stereocenters. The van der Waals surface area contributed by atoms with Crippen molar-refractivity contribution in [3.8, 4) is 12.3 Å². The van der Waals surface area contributed by atoms with Gasteiger partial charge in [-0.05, 0) is 25.3 Å². The number of carbonyl (C=O) groups is 1. The van der Waals surface area contributed by atoms with Crippen molar-refractivity contribution >= 4 is 5.97 Å². The van der Waals surface area contributed by atoms with E-state index in [0.717, 1.165) is 38.9 Å².